The number of hydrogen-bond donors (Lipinski definition) is 0. The minimum absolute atomic E-state index is 0.0800. The van der Waals surface area contributed by atoms with Crippen molar-refractivity contribution in [3.8, 4) is 0 Å². The molecule has 1 atom stereocenters. The number of carbonyl (C=O) groups excluding carboxylic acids is 1. The average Bonchev–Trinajstić information content (AvgIpc) is 3.26. The van der Waals surface area contributed by atoms with Gasteiger partial charge in [0.15, 0.2) is 5.82 Å². The van der Waals surface area contributed by atoms with Crippen LogP contribution in [0.5, 0.6) is 0 Å². The summed E-state index contributed by atoms with van der Waals surface area (Å²) in [6.45, 7) is 8.87. The lowest BCUT2D eigenvalue weighted by Gasteiger charge is -2.22. The smallest absolute Gasteiger partial charge is 0.249 e. The Kier molecular flexibility index (Phi) is 4.92. The summed E-state index contributed by atoms with van der Waals surface area (Å²) < 4.78 is 7.30. The lowest BCUT2D eigenvalue weighted by atomic mass is 10.1. The third kappa shape index (κ3) is 3.45. The standard InChI is InChI=1S/C18H27N5O2/c1-11(2)17-19-18(25-21-17)15-7-6-10-23(15)16(24)9-8-14-12(3)20-22(5)13(14)4/h11,15H,6-10H2,1-5H3/t15-/m1/s1. The van der Waals surface area contributed by atoms with Crippen LogP contribution in [0.3, 0.4) is 0 Å². The second-order valence-electron chi connectivity index (χ2n) is 7.16. The fourth-order valence-corrected chi connectivity index (χ4v) is 3.49. The molecule has 0 spiro atoms. The summed E-state index contributed by atoms with van der Waals surface area (Å²) in [5.74, 6) is 1.65. The zero-order valence-electron chi connectivity index (χ0n) is 15.7. The van der Waals surface area contributed by atoms with Gasteiger partial charge in [-0.2, -0.15) is 10.1 Å². The summed E-state index contributed by atoms with van der Waals surface area (Å²) in [6, 6.07) is -0.0800. The Hall–Kier alpha value is -2.18. The third-order valence-electron chi connectivity index (χ3n) is 5.08. The number of likely N-dealkylation sites (tertiary alicyclic amines) is 1. The molecule has 1 saturated heterocycles. The predicted octanol–water partition coefficient (Wildman–Crippen LogP) is 2.84. The highest BCUT2D eigenvalue weighted by molar-refractivity contribution is 5.77. The fraction of sp³-hybridized carbons (Fsp3) is 0.667. The number of rotatable bonds is 5. The maximum atomic E-state index is 12.8. The van der Waals surface area contributed by atoms with E-state index in [1.54, 1.807) is 0 Å². The first-order chi connectivity index (χ1) is 11.9. The summed E-state index contributed by atoms with van der Waals surface area (Å²) in [5.41, 5.74) is 3.30. The zero-order chi connectivity index (χ0) is 18.1. The molecule has 3 rings (SSSR count). The highest BCUT2D eigenvalue weighted by atomic mass is 16.5. The zero-order valence-corrected chi connectivity index (χ0v) is 15.7. The summed E-state index contributed by atoms with van der Waals surface area (Å²) in [4.78, 5) is 19.2. The largest absolute Gasteiger partial charge is 0.337 e. The van der Waals surface area contributed by atoms with Gasteiger partial charge in [-0.05, 0) is 38.7 Å². The molecule has 136 valence electrons. The molecule has 1 aliphatic rings. The number of aromatic nitrogens is 4. The van der Waals surface area contributed by atoms with E-state index in [1.165, 1.54) is 5.56 Å². The number of amides is 1. The van der Waals surface area contributed by atoms with Crippen molar-refractivity contribution >= 4 is 5.91 Å². The van der Waals surface area contributed by atoms with Crippen LogP contribution in [0.15, 0.2) is 4.52 Å². The molecule has 0 N–H and O–H groups in total. The van der Waals surface area contributed by atoms with E-state index in [2.05, 4.69) is 15.2 Å². The first-order valence-electron chi connectivity index (χ1n) is 9.00. The van der Waals surface area contributed by atoms with Gasteiger partial charge in [0.05, 0.1) is 5.69 Å². The Morgan fingerprint density at radius 3 is 2.72 bits per heavy atom. The van der Waals surface area contributed by atoms with Crippen molar-refractivity contribution in [3.05, 3.63) is 28.7 Å². The third-order valence-corrected chi connectivity index (χ3v) is 5.08. The van der Waals surface area contributed by atoms with Crippen LogP contribution in [0.2, 0.25) is 0 Å². The normalized spacial score (nSPS) is 17.7. The molecule has 0 unspecified atom stereocenters. The van der Waals surface area contributed by atoms with E-state index >= 15 is 0 Å². The molecular formula is C18H27N5O2. The van der Waals surface area contributed by atoms with Crippen molar-refractivity contribution in [1.82, 2.24) is 24.8 Å². The molecule has 1 aliphatic heterocycles. The van der Waals surface area contributed by atoms with Crippen LogP contribution in [0.1, 0.15) is 73.7 Å². The Bertz CT molecular complexity index is 762. The molecule has 0 radical (unpaired) electrons. The van der Waals surface area contributed by atoms with Gasteiger partial charge in [-0.15, -0.1) is 0 Å². The van der Waals surface area contributed by atoms with Gasteiger partial charge in [0.2, 0.25) is 11.8 Å². The number of nitrogens with zero attached hydrogens (tertiary/aromatic N) is 5. The highest BCUT2D eigenvalue weighted by Gasteiger charge is 2.34. The summed E-state index contributed by atoms with van der Waals surface area (Å²) in [7, 11) is 1.94. The molecule has 1 amide bonds. The molecule has 2 aromatic heterocycles. The van der Waals surface area contributed by atoms with E-state index in [0.29, 0.717) is 24.6 Å². The molecule has 0 aromatic carbocycles. The van der Waals surface area contributed by atoms with Crippen LogP contribution in [0.25, 0.3) is 0 Å². The fourth-order valence-electron chi connectivity index (χ4n) is 3.49. The SMILES string of the molecule is Cc1nn(C)c(C)c1CCC(=O)N1CCC[C@@H]1c1nc(C(C)C)no1. The average molecular weight is 345 g/mol. The number of hydrogen-bond acceptors (Lipinski definition) is 5. The van der Waals surface area contributed by atoms with E-state index < -0.39 is 0 Å². The lowest BCUT2D eigenvalue weighted by Crippen LogP contribution is -2.31. The molecule has 25 heavy (non-hydrogen) atoms. The van der Waals surface area contributed by atoms with Crippen LogP contribution in [0.4, 0.5) is 0 Å². The van der Waals surface area contributed by atoms with Crippen molar-refractivity contribution in [2.24, 2.45) is 7.05 Å². The van der Waals surface area contributed by atoms with E-state index in [1.807, 2.05) is 44.3 Å². The second kappa shape index (κ2) is 6.98. The highest BCUT2D eigenvalue weighted by Crippen LogP contribution is 2.32. The van der Waals surface area contributed by atoms with Gasteiger partial charge >= 0.3 is 0 Å². The van der Waals surface area contributed by atoms with Crippen molar-refractivity contribution in [2.75, 3.05) is 6.54 Å². The van der Waals surface area contributed by atoms with Gasteiger partial charge in [-0.3, -0.25) is 9.48 Å². The predicted molar refractivity (Wildman–Crippen MR) is 93.1 cm³/mol. The quantitative estimate of drug-likeness (QED) is 0.833. The summed E-state index contributed by atoms with van der Waals surface area (Å²) >= 11 is 0. The lowest BCUT2D eigenvalue weighted by molar-refractivity contribution is -0.132. The van der Waals surface area contributed by atoms with Crippen LogP contribution in [0, 0.1) is 13.8 Å². The van der Waals surface area contributed by atoms with Crippen LogP contribution in [-0.4, -0.2) is 37.3 Å². The first kappa shape index (κ1) is 17.6. The number of aryl methyl sites for hydroxylation is 2. The maximum Gasteiger partial charge on any atom is 0.249 e. The van der Waals surface area contributed by atoms with E-state index in [9.17, 15) is 4.79 Å². The maximum absolute atomic E-state index is 12.8. The Morgan fingerprint density at radius 2 is 2.12 bits per heavy atom. The minimum atomic E-state index is -0.0800. The van der Waals surface area contributed by atoms with E-state index in [0.717, 1.165) is 30.8 Å². The monoisotopic (exact) mass is 345 g/mol. The molecule has 0 bridgehead atoms. The van der Waals surface area contributed by atoms with Gasteiger partial charge in [0.25, 0.3) is 0 Å². The van der Waals surface area contributed by atoms with E-state index in [4.69, 9.17) is 4.52 Å². The first-order valence-corrected chi connectivity index (χ1v) is 9.00. The minimum Gasteiger partial charge on any atom is -0.337 e. The molecular weight excluding hydrogens is 318 g/mol. The van der Waals surface area contributed by atoms with E-state index in [-0.39, 0.29) is 17.9 Å². The van der Waals surface area contributed by atoms with Gasteiger partial charge < -0.3 is 9.42 Å². The van der Waals surface area contributed by atoms with Gasteiger partial charge in [-0.1, -0.05) is 19.0 Å². The van der Waals surface area contributed by atoms with Crippen molar-refractivity contribution < 1.29 is 9.32 Å². The van der Waals surface area contributed by atoms with Crippen molar-refractivity contribution in [1.29, 1.82) is 0 Å². The van der Waals surface area contributed by atoms with Crippen LogP contribution in [-0.2, 0) is 18.3 Å². The molecule has 3 heterocycles. The molecule has 7 heteroatoms. The topological polar surface area (TPSA) is 77.1 Å². The molecule has 2 aromatic rings. The summed E-state index contributed by atoms with van der Waals surface area (Å²) in [6.07, 6.45) is 3.06. The van der Waals surface area contributed by atoms with Gasteiger partial charge in [-0.25, -0.2) is 0 Å². The summed E-state index contributed by atoms with van der Waals surface area (Å²) in [5, 5.41) is 8.46. The van der Waals surface area contributed by atoms with Gasteiger partial charge in [0, 0.05) is 31.6 Å². The molecule has 0 aliphatic carbocycles. The van der Waals surface area contributed by atoms with Gasteiger partial charge in [0.1, 0.15) is 6.04 Å². The molecule has 0 saturated carbocycles. The Morgan fingerprint density at radius 1 is 1.36 bits per heavy atom. The molecule has 7 nitrogen and oxygen atoms in total. The van der Waals surface area contributed by atoms with Crippen LogP contribution < -0.4 is 0 Å². The number of carbonyl (C=O) groups is 1. The van der Waals surface area contributed by atoms with Crippen molar-refractivity contribution in [3.63, 3.8) is 0 Å². The Balaban J connectivity index is 1.68. The molecule has 1 fully saturated rings. The van der Waals surface area contributed by atoms with Crippen molar-refractivity contribution in [2.45, 2.75) is 65.3 Å². The Labute approximate surface area is 148 Å². The second-order valence-corrected chi connectivity index (χ2v) is 7.16. The van der Waals surface area contributed by atoms with Crippen LogP contribution >= 0.6 is 0 Å².